The molecule has 7 nitrogen and oxygen atoms in total. The number of carbonyl (C=O) groups is 2. The van der Waals surface area contributed by atoms with E-state index in [9.17, 15) is 22.4 Å². The Morgan fingerprint density at radius 1 is 1.14 bits per heavy atom. The summed E-state index contributed by atoms with van der Waals surface area (Å²) >= 11 is 3.17. The second kappa shape index (κ2) is 9.16. The van der Waals surface area contributed by atoms with Gasteiger partial charge in [0.15, 0.2) is 0 Å². The van der Waals surface area contributed by atoms with Crippen molar-refractivity contribution in [3.8, 4) is 0 Å². The zero-order valence-electron chi connectivity index (χ0n) is 15.2. The summed E-state index contributed by atoms with van der Waals surface area (Å²) in [6.07, 6.45) is 1.03. The molecule has 0 radical (unpaired) electrons. The molecule has 0 aromatic heterocycles. The van der Waals surface area contributed by atoms with Gasteiger partial charge in [-0.3, -0.25) is 14.3 Å². The van der Waals surface area contributed by atoms with Crippen LogP contribution in [-0.4, -0.2) is 33.0 Å². The Balaban J connectivity index is 1.91. The second-order valence-electron chi connectivity index (χ2n) is 6.08. The predicted octanol–water partition coefficient (Wildman–Crippen LogP) is 3.03. The van der Waals surface area contributed by atoms with E-state index in [1.807, 2.05) is 0 Å². The van der Waals surface area contributed by atoms with E-state index in [0.29, 0.717) is 21.4 Å². The third-order valence-electron chi connectivity index (χ3n) is 3.63. The zero-order valence-corrected chi connectivity index (χ0v) is 17.6. The third-order valence-corrected chi connectivity index (χ3v) is 4.91. The first-order chi connectivity index (χ1) is 13.0. The summed E-state index contributed by atoms with van der Waals surface area (Å²) < 4.78 is 38.9. The monoisotopic (exact) mass is 471 g/mol. The number of sulfonamides is 1. The van der Waals surface area contributed by atoms with Crippen LogP contribution in [-0.2, 0) is 14.8 Å². The van der Waals surface area contributed by atoms with Crippen LogP contribution in [0.1, 0.15) is 22.3 Å². The first-order valence-electron chi connectivity index (χ1n) is 8.17. The summed E-state index contributed by atoms with van der Waals surface area (Å²) in [7, 11) is -3.44. The van der Waals surface area contributed by atoms with Crippen LogP contribution in [0.25, 0.3) is 0 Å². The van der Waals surface area contributed by atoms with E-state index in [0.717, 1.165) is 12.3 Å². The number of amides is 2. The van der Waals surface area contributed by atoms with Gasteiger partial charge < -0.3 is 10.6 Å². The Morgan fingerprint density at radius 2 is 1.86 bits per heavy atom. The molecule has 2 rings (SSSR count). The third kappa shape index (κ3) is 6.61. The standard InChI is InChI=1S/C18H19BrFN3O4S/c1-11-3-5-13(10-16(11)23-28(2,26)27)22-17(24)7-8-21-18(25)14-9-12(20)4-6-15(14)19/h3-6,9-10,23H,7-8H2,1-2H3,(H,21,25)(H,22,24). The zero-order chi connectivity index (χ0) is 20.9. The van der Waals surface area contributed by atoms with Crippen molar-refractivity contribution in [3.63, 3.8) is 0 Å². The number of anilines is 2. The highest BCUT2D eigenvalue weighted by Crippen LogP contribution is 2.21. The van der Waals surface area contributed by atoms with Gasteiger partial charge in [-0.1, -0.05) is 6.07 Å². The Morgan fingerprint density at radius 3 is 2.54 bits per heavy atom. The van der Waals surface area contributed by atoms with Crippen molar-refractivity contribution in [2.45, 2.75) is 13.3 Å². The molecule has 0 atom stereocenters. The first kappa shape index (κ1) is 21.8. The highest BCUT2D eigenvalue weighted by Gasteiger charge is 2.12. The van der Waals surface area contributed by atoms with Crippen molar-refractivity contribution in [1.82, 2.24) is 5.32 Å². The van der Waals surface area contributed by atoms with Gasteiger partial charge in [0.25, 0.3) is 5.91 Å². The van der Waals surface area contributed by atoms with E-state index in [4.69, 9.17) is 0 Å². The quantitative estimate of drug-likeness (QED) is 0.576. The number of rotatable bonds is 7. The number of carbonyl (C=O) groups excluding carboxylic acids is 2. The fourth-order valence-electron chi connectivity index (χ4n) is 2.29. The van der Waals surface area contributed by atoms with Crippen molar-refractivity contribution in [1.29, 1.82) is 0 Å². The summed E-state index contributed by atoms with van der Waals surface area (Å²) in [5.41, 5.74) is 1.62. The number of hydrogen-bond acceptors (Lipinski definition) is 4. The maximum Gasteiger partial charge on any atom is 0.252 e. The summed E-state index contributed by atoms with van der Waals surface area (Å²) in [6, 6.07) is 8.58. The number of aryl methyl sites for hydroxylation is 1. The van der Waals surface area contributed by atoms with E-state index < -0.39 is 21.7 Å². The molecule has 0 saturated heterocycles. The van der Waals surface area contributed by atoms with Gasteiger partial charge in [0, 0.05) is 23.1 Å². The maximum absolute atomic E-state index is 13.3. The van der Waals surface area contributed by atoms with Crippen molar-refractivity contribution < 1.29 is 22.4 Å². The SMILES string of the molecule is Cc1ccc(NC(=O)CCNC(=O)c2cc(F)ccc2Br)cc1NS(C)(=O)=O. The lowest BCUT2D eigenvalue weighted by molar-refractivity contribution is -0.116. The lowest BCUT2D eigenvalue weighted by atomic mass is 10.2. The van der Waals surface area contributed by atoms with Gasteiger partial charge in [0.05, 0.1) is 17.5 Å². The molecule has 28 heavy (non-hydrogen) atoms. The van der Waals surface area contributed by atoms with Gasteiger partial charge in [-0.25, -0.2) is 12.8 Å². The number of nitrogens with one attached hydrogen (secondary N) is 3. The Bertz CT molecular complexity index is 1010. The molecule has 0 spiro atoms. The molecular weight excluding hydrogens is 453 g/mol. The second-order valence-corrected chi connectivity index (χ2v) is 8.68. The molecule has 0 aliphatic rings. The number of benzene rings is 2. The molecule has 0 heterocycles. The van der Waals surface area contributed by atoms with Crippen molar-refractivity contribution in [2.24, 2.45) is 0 Å². The molecule has 0 unspecified atom stereocenters. The van der Waals surface area contributed by atoms with Gasteiger partial charge in [-0.2, -0.15) is 0 Å². The van der Waals surface area contributed by atoms with Gasteiger partial charge in [0.1, 0.15) is 5.82 Å². The molecule has 3 N–H and O–H groups in total. The average molecular weight is 472 g/mol. The van der Waals surface area contributed by atoms with E-state index in [1.165, 1.54) is 18.2 Å². The minimum Gasteiger partial charge on any atom is -0.351 e. The number of hydrogen-bond donors (Lipinski definition) is 3. The fraction of sp³-hybridized carbons (Fsp3) is 0.222. The average Bonchev–Trinajstić information content (AvgIpc) is 2.58. The van der Waals surface area contributed by atoms with Crippen LogP contribution >= 0.6 is 15.9 Å². The van der Waals surface area contributed by atoms with Gasteiger partial charge in [0.2, 0.25) is 15.9 Å². The van der Waals surface area contributed by atoms with Crippen molar-refractivity contribution in [2.75, 3.05) is 22.8 Å². The molecule has 2 aromatic carbocycles. The summed E-state index contributed by atoms with van der Waals surface area (Å²) in [4.78, 5) is 24.1. The van der Waals surface area contributed by atoms with Crippen LogP contribution in [0.3, 0.4) is 0 Å². The Kier molecular flexibility index (Phi) is 7.14. The molecule has 0 fully saturated rings. The number of halogens is 2. The van der Waals surface area contributed by atoms with Crippen molar-refractivity contribution >= 4 is 49.1 Å². The summed E-state index contributed by atoms with van der Waals surface area (Å²) in [5.74, 6) is -1.41. The lowest BCUT2D eigenvalue weighted by Crippen LogP contribution is -2.28. The Labute approximate surface area is 170 Å². The fourth-order valence-corrected chi connectivity index (χ4v) is 3.34. The van der Waals surface area contributed by atoms with Gasteiger partial charge >= 0.3 is 0 Å². The predicted molar refractivity (Wildman–Crippen MR) is 109 cm³/mol. The molecule has 0 saturated carbocycles. The molecule has 0 bridgehead atoms. The van der Waals surface area contributed by atoms with Crippen LogP contribution in [0.4, 0.5) is 15.8 Å². The van der Waals surface area contributed by atoms with Crippen LogP contribution in [0.15, 0.2) is 40.9 Å². The van der Waals surface area contributed by atoms with E-state index in [-0.39, 0.29) is 24.4 Å². The normalized spacial score (nSPS) is 11.0. The highest BCUT2D eigenvalue weighted by molar-refractivity contribution is 9.10. The topological polar surface area (TPSA) is 104 Å². The van der Waals surface area contributed by atoms with Crippen molar-refractivity contribution in [3.05, 3.63) is 57.8 Å². The van der Waals surface area contributed by atoms with Crippen LogP contribution in [0, 0.1) is 12.7 Å². The molecule has 2 amide bonds. The smallest absolute Gasteiger partial charge is 0.252 e. The van der Waals surface area contributed by atoms with E-state index in [1.54, 1.807) is 19.1 Å². The summed E-state index contributed by atoms with van der Waals surface area (Å²) in [5, 5.41) is 5.18. The minimum atomic E-state index is -3.44. The Hall–Kier alpha value is -2.46. The summed E-state index contributed by atoms with van der Waals surface area (Å²) in [6.45, 7) is 1.78. The van der Waals surface area contributed by atoms with Crippen LogP contribution in [0.5, 0.6) is 0 Å². The van der Waals surface area contributed by atoms with Crippen LogP contribution in [0.2, 0.25) is 0 Å². The molecule has 2 aromatic rings. The van der Waals surface area contributed by atoms with Gasteiger partial charge in [-0.15, -0.1) is 0 Å². The molecule has 0 aliphatic heterocycles. The first-order valence-corrected chi connectivity index (χ1v) is 10.8. The molecule has 150 valence electrons. The van der Waals surface area contributed by atoms with E-state index in [2.05, 4.69) is 31.3 Å². The van der Waals surface area contributed by atoms with Crippen LogP contribution < -0.4 is 15.4 Å². The van der Waals surface area contributed by atoms with E-state index >= 15 is 0 Å². The molecule has 10 heteroatoms. The largest absolute Gasteiger partial charge is 0.351 e. The lowest BCUT2D eigenvalue weighted by Gasteiger charge is -2.11. The molecular formula is C18H19BrFN3O4S. The maximum atomic E-state index is 13.3. The minimum absolute atomic E-state index is 0.0125. The van der Waals surface area contributed by atoms with Gasteiger partial charge in [-0.05, 0) is 58.7 Å². The molecule has 0 aliphatic carbocycles. The highest BCUT2D eigenvalue weighted by atomic mass is 79.9.